The molecular weight excluding hydrogens is 197 g/mol. The number of aromatic hydroxyl groups is 1. The Morgan fingerprint density at radius 3 is 2.53 bits per heavy atom. The molecule has 82 valence electrons. The average molecular weight is 211 g/mol. The van der Waals surface area contributed by atoms with Crippen LogP contribution in [0.3, 0.4) is 0 Å². The smallest absolute Gasteiger partial charge is 0.133 e. The van der Waals surface area contributed by atoms with E-state index in [4.69, 9.17) is 0 Å². The fraction of sp³-hybridized carbons (Fsp3) is 0.455. The van der Waals surface area contributed by atoms with E-state index in [-0.39, 0.29) is 11.3 Å². The van der Waals surface area contributed by atoms with Gasteiger partial charge < -0.3 is 15.5 Å². The van der Waals surface area contributed by atoms with Gasteiger partial charge in [-0.1, -0.05) is 6.07 Å². The summed E-state index contributed by atoms with van der Waals surface area (Å²) in [5, 5.41) is 22.9. The first-order valence-corrected chi connectivity index (χ1v) is 5.04. The van der Waals surface area contributed by atoms with Crippen LogP contribution in [0.25, 0.3) is 0 Å². The predicted octanol–water partition coefficient (Wildman–Crippen LogP) is 1.10. The molecule has 1 fully saturated rings. The molecule has 1 aliphatic rings. The number of phenols is 1. The molecule has 4 heteroatoms. The van der Waals surface area contributed by atoms with Gasteiger partial charge in [-0.05, 0) is 38.1 Å². The molecule has 0 atom stereocenters. The summed E-state index contributed by atoms with van der Waals surface area (Å²) >= 11 is 0. The minimum atomic E-state index is -1.24. The lowest BCUT2D eigenvalue weighted by atomic mass is 9.84. The molecule has 1 heterocycles. The molecule has 1 aromatic rings. The quantitative estimate of drug-likeness (QED) is 0.652. The highest BCUT2D eigenvalue weighted by molar-refractivity contribution is 5.38. The van der Waals surface area contributed by atoms with Gasteiger partial charge in [0.25, 0.3) is 0 Å². The molecule has 0 bridgehead atoms. The van der Waals surface area contributed by atoms with Crippen molar-refractivity contribution in [2.45, 2.75) is 18.4 Å². The molecule has 0 saturated carbocycles. The molecule has 3 N–H and O–H groups in total. The number of benzene rings is 1. The normalized spacial score (nSPS) is 20.1. The van der Waals surface area contributed by atoms with Crippen LogP contribution in [0.5, 0.6) is 5.75 Å². The minimum absolute atomic E-state index is 0.0338. The van der Waals surface area contributed by atoms with Crippen molar-refractivity contribution in [1.29, 1.82) is 0 Å². The lowest BCUT2D eigenvalue weighted by Gasteiger charge is -2.33. The Labute approximate surface area is 87.6 Å². The van der Waals surface area contributed by atoms with Gasteiger partial charge in [0, 0.05) is 0 Å². The van der Waals surface area contributed by atoms with Crippen molar-refractivity contribution in [3.8, 4) is 5.75 Å². The van der Waals surface area contributed by atoms with E-state index < -0.39 is 11.4 Å². The maximum absolute atomic E-state index is 13.5. The Balaban J connectivity index is 2.42. The maximum Gasteiger partial charge on any atom is 0.133 e. The second-order valence-corrected chi connectivity index (χ2v) is 3.92. The first-order chi connectivity index (χ1) is 7.13. The van der Waals surface area contributed by atoms with Gasteiger partial charge in [-0.2, -0.15) is 0 Å². The highest BCUT2D eigenvalue weighted by atomic mass is 19.1. The predicted molar refractivity (Wildman–Crippen MR) is 54.1 cm³/mol. The molecule has 0 aliphatic carbocycles. The zero-order valence-electron chi connectivity index (χ0n) is 8.33. The van der Waals surface area contributed by atoms with E-state index in [0.29, 0.717) is 25.9 Å². The van der Waals surface area contributed by atoms with Crippen molar-refractivity contribution < 1.29 is 14.6 Å². The molecule has 3 nitrogen and oxygen atoms in total. The largest absolute Gasteiger partial charge is 0.507 e. The van der Waals surface area contributed by atoms with Crippen molar-refractivity contribution >= 4 is 0 Å². The average Bonchev–Trinajstić information content (AvgIpc) is 2.18. The monoisotopic (exact) mass is 211 g/mol. The van der Waals surface area contributed by atoms with Gasteiger partial charge in [0.2, 0.25) is 0 Å². The second-order valence-electron chi connectivity index (χ2n) is 3.92. The first-order valence-electron chi connectivity index (χ1n) is 5.04. The van der Waals surface area contributed by atoms with Gasteiger partial charge in [0.1, 0.15) is 11.6 Å². The van der Waals surface area contributed by atoms with E-state index in [0.717, 1.165) is 0 Å². The zero-order valence-corrected chi connectivity index (χ0v) is 8.33. The second kappa shape index (κ2) is 3.79. The molecule has 1 aromatic carbocycles. The van der Waals surface area contributed by atoms with Crippen LogP contribution in [0.2, 0.25) is 0 Å². The number of rotatable bonds is 1. The third-order valence-electron chi connectivity index (χ3n) is 2.89. The van der Waals surface area contributed by atoms with Crippen LogP contribution in [-0.2, 0) is 5.60 Å². The first kappa shape index (κ1) is 10.4. The third kappa shape index (κ3) is 1.82. The standard InChI is InChI=1S/C11H14FNO2/c12-8-2-1-3-9(14)10(8)11(15)4-6-13-7-5-11/h1-3,13-15H,4-7H2. The molecule has 1 aliphatic heterocycles. The number of nitrogens with one attached hydrogen (secondary N) is 1. The van der Waals surface area contributed by atoms with Crippen LogP contribution in [0, 0.1) is 5.82 Å². The summed E-state index contributed by atoms with van der Waals surface area (Å²) in [6, 6.07) is 4.09. The Bertz CT molecular complexity index is 341. The van der Waals surface area contributed by atoms with Crippen molar-refractivity contribution in [1.82, 2.24) is 5.32 Å². The van der Waals surface area contributed by atoms with E-state index >= 15 is 0 Å². The lowest BCUT2D eigenvalue weighted by molar-refractivity contribution is 0.000720. The molecule has 2 rings (SSSR count). The number of phenolic OH excluding ortho intramolecular Hbond substituents is 1. The number of aliphatic hydroxyl groups is 1. The van der Waals surface area contributed by atoms with Crippen LogP contribution in [0.15, 0.2) is 18.2 Å². The molecule has 0 unspecified atom stereocenters. The Hall–Kier alpha value is -1.13. The van der Waals surface area contributed by atoms with Crippen molar-refractivity contribution in [2.75, 3.05) is 13.1 Å². The molecule has 1 saturated heterocycles. The van der Waals surface area contributed by atoms with E-state index in [1.165, 1.54) is 18.2 Å². The van der Waals surface area contributed by atoms with Gasteiger partial charge in [0.15, 0.2) is 0 Å². The van der Waals surface area contributed by atoms with Crippen molar-refractivity contribution in [3.63, 3.8) is 0 Å². The molecule has 0 spiro atoms. The summed E-state index contributed by atoms with van der Waals surface area (Å²) in [6.45, 7) is 1.26. The summed E-state index contributed by atoms with van der Waals surface area (Å²) in [5.74, 6) is -0.709. The fourth-order valence-corrected chi connectivity index (χ4v) is 2.06. The summed E-state index contributed by atoms with van der Waals surface area (Å²) in [7, 11) is 0. The topological polar surface area (TPSA) is 52.5 Å². The highest BCUT2D eigenvalue weighted by Gasteiger charge is 2.35. The molecule has 15 heavy (non-hydrogen) atoms. The van der Waals surface area contributed by atoms with Crippen LogP contribution < -0.4 is 5.32 Å². The fourth-order valence-electron chi connectivity index (χ4n) is 2.06. The van der Waals surface area contributed by atoms with Gasteiger partial charge in [0.05, 0.1) is 11.2 Å². The van der Waals surface area contributed by atoms with E-state index in [1.807, 2.05) is 0 Å². The maximum atomic E-state index is 13.5. The summed E-state index contributed by atoms with van der Waals surface area (Å²) in [4.78, 5) is 0. The van der Waals surface area contributed by atoms with Crippen LogP contribution >= 0.6 is 0 Å². The van der Waals surface area contributed by atoms with Gasteiger partial charge in [-0.3, -0.25) is 0 Å². The van der Waals surface area contributed by atoms with E-state index in [1.54, 1.807) is 0 Å². The number of hydrogen-bond donors (Lipinski definition) is 3. The van der Waals surface area contributed by atoms with E-state index in [9.17, 15) is 14.6 Å². The summed E-state index contributed by atoms with van der Waals surface area (Å²) in [6.07, 6.45) is 0.836. The number of piperidine rings is 1. The van der Waals surface area contributed by atoms with Crippen molar-refractivity contribution in [2.24, 2.45) is 0 Å². The molecular formula is C11H14FNO2. The lowest BCUT2D eigenvalue weighted by Crippen LogP contribution is -2.40. The SMILES string of the molecule is Oc1cccc(F)c1C1(O)CCNCC1. The number of halogens is 1. The zero-order chi connectivity index (χ0) is 10.9. The number of hydrogen-bond acceptors (Lipinski definition) is 3. The van der Waals surface area contributed by atoms with Gasteiger partial charge in [-0.25, -0.2) is 4.39 Å². The Kier molecular flexibility index (Phi) is 2.63. The van der Waals surface area contributed by atoms with E-state index in [2.05, 4.69) is 5.32 Å². The van der Waals surface area contributed by atoms with Gasteiger partial charge >= 0.3 is 0 Å². The third-order valence-corrected chi connectivity index (χ3v) is 2.89. The summed E-state index contributed by atoms with van der Waals surface area (Å²) < 4.78 is 13.5. The summed E-state index contributed by atoms with van der Waals surface area (Å²) in [5.41, 5.74) is -1.20. The van der Waals surface area contributed by atoms with Gasteiger partial charge in [-0.15, -0.1) is 0 Å². The van der Waals surface area contributed by atoms with Crippen molar-refractivity contribution in [3.05, 3.63) is 29.6 Å². The molecule has 0 aromatic heterocycles. The highest BCUT2D eigenvalue weighted by Crippen LogP contribution is 2.37. The van der Waals surface area contributed by atoms with Crippen LogP contribution in [0.1, 0.15) is 18.4 Å². The van der Waals surface area contributed by atoms with Crippen LogP contribution in [0.4, 0.5) is 4.39 Å². The Morgan fingerprint density at radius 1 is 1.27 bits per heavy atom. The molecule has 0 amide bonds. The van der Waals surface area contributed by atoms with Crippen LogP contribution in [-0.4, -0.2) is 23.3 Å². The minimum Gasteiger partial charge on any atom is -0.507 e. The molecule has 0 radical (unpaired) electrons. The Morgan fingerprint density at radius 2 is 1.93 bits per heavy atom.